The first-order valence-electron chi connectivity index (χ1n) is 5.70. The summed E-state index contributed by atoms with van der Waals surface area (Å²) < 4.78 is 76.0. The van der Waals surface area contributed by atoms with Gasteiger partial charge in [0.1, 0.15) is 17.7 Å². The number of halogens is 6. The van der Waals surface area contributed by atoms with Crippen LogP contribution in [0.4, 0.5) is 32.0 Å². The first kappa shape index (κ1) is 18.3. The van der Waals surface area contributed by atoms with E-state index in [1.807, 2.05) is 0 Å². The van der Waals surface area contributed by atoms with Gasteiger partial charge in [-0.3, -0.25) is 0 Å². The molecule has 0 aromatic heterocycles. The van der Waals surface area contributed by atoms with Crippen molar-refractivity contribution in [3.8, 4) is 12.1 Å². The Bertz CT molecular complexity index is 646. The average molecular weight is 335 g/mol. The van der Waals surface area contributed by atoms with Crippen molar-refractivity contribution in [3.05, 3.63) is 41.6 Å². The van der Waals surface area contributed by atoms with E-state index >= 15 is 0 Å². The highest BCUT2D eigenvalue weighted by molar-refractivity contribution is 5.51. The molecule has 0 saturated heterocycles. The van der Waals surface area contributed by atoms with Crippen molar-refractivity contribution < 1.29 is 31.4 Å². The molecule has 0 atom stereocenters. The Balaban J connectivity index is 3.20. The number of allylic oxidation sites excluding steroid dienone is 1. The summed E-state index contributed by atoms with van der Waals surface area (Å²) in [7, 11) is 0. The van der Waals surface area contributed by atoms with Gasteiger partial charge >= 0.3 is 12.4 Å². The van der Waals surface area contributed by atoms with Crippen LogP contribution in [-0.2, 0) is 5.60 Å². The maximum absolute atomic E-state index is 12.7. The summed E-state index contributed by atoms with van der Waals surface area (Å²) in [6, 6.07) is 5.54. The van der Waals surface area contributed by atoms with Crippen LogP contribution < -0.4 is 5.32 Å². The van der Waals surface area contributed by atoms with Crippen LogP contribution in [0, 0.1) is 22.7 Å². The highest BCUT2D eigenvalue weighted by Crippen LogP contribution is 2.50. The summed E-state index contributed by atoms with van der Waals surface area (Å²) in [5.74, 6) is 0. The van der Waals surface area contributed by atoms with Crippen LogP contribution in [0.1, 0.15) is 5.56 Å². The van der Waals surface area contributed by atoms with Gasteiger partial charge in [0.2, 0.25) is 0 Å². The van der Waals surface area contributed by atoms with Gasteiger partial charge in [-0.15, -0.1) is 0 Å². The fraction of sp³-hybridized carbons (Fsp3) is 0.231. The van der Waals surface area contributed by atoms with E-state index in [-0.39, 0.29) is 11.3 Å². The van der Waals surface area contributed by atoms with Crippen molar-refractivity contribution in [2.24, 2.45) is 0 Å². The largest absolute Gasteiger partial charge is 0.430 e. The van der Waals surface area contributed by atoms with Gasteiger partial charge in [-0.25, -0.2) is 0 Å². The third-order valence-corrected chi connectivity index (χ3v) is 2.75. The standard InChI is InChI=1S/C13H7F6N3O/c14-12(15,16)11(23,13(17,18)19)9-1-3-10(4-2-9)22-7-8(5-20)6-21/h1-4,7,22-23H. The molecule has 122 valence electrons. The minimum Gasteiger partial charge on any atom is -0.369 e. The molecule has 0 fully saturated rings. The molecule has 0 unspecified atom stereocenters. The second kappa shape index (κ2) is 6.18. The minimum absolute atomic E-state index is 0.0171. The number of benzene rings is 1. The number of nitriles is 2. The molecule has 1 aromatic carbocycles. The SMILES string of the molecule is N#CC(C#N)=CNc1ccc(C(O)(C(F)(F)F)C(F)(F)F)cc1. The van der Waals surface area contributed by atoms with E-state index in [1.54, 1.807) is 0 Å². The highest BCUT2D eigenvalue weighted by atomic mass is 19.4. The third-order valence-electron chi connectivity index (χ3n) is 2.75. The topological polar surface area (TPSA) is 79.8 Å². The molecule has 23 heavy (non-hydrogen) atoms. The van der Waals surface area contributed by atoms with Crippen molar-refractivity contribution in [3.63, 3.8) is 0 Å². The van der Waals surface area contributed by atoms with E-state index in [1.165, 1.54) is 12.1 Å². The quantitative estimate of drug-likeness (QED) is 0.656. The first-order chi connectivity index (χ1) is 10.5. The molecule has 0 radical (unpaired) electrons. The third kappa shape index (κ3) is 3.55. The van der Waals surface area contributed by atoms with Gasteiger partial charge in [-0.2, -0.15) is 36.9 Å². The molecule has 0 aliphatic rings. The predicted octanol–water partition coefficient (Wildman–Crippen LogP) is 3.34. The molecule has 4 nitrogen and oxygen atoms in total. The second-order valence-corrected chi connectivity index (χ2v) is 4.21. The molecular weight excluding hydrogens is 328 g/mol. The number of rotatable bonds is 3. The second-order valence-electron chi connectivity index (χ2n) is 4.21. The molecule has 2 N–H and O–H groups in total. The summed E-state index contributed by atoms with van der Waals surface area (Å²) in [5, 5.41) is 28.5. The Morgan fingerprint density at radius 3 is 1.74 bits per heavy atom. The lowest BCUT2D eigenvalue weighted by molar-refractivity contribution is -0.376. The van der Waals surface area contributed by atoms with Crippen molar-refractivity contribution >= 4 is 5.69 Å². The highest BCUT2D eigenvalue weighted by Gasteiger charge is 2.71. The van der Waals surface area contributed by atoms with Gasteiger partial charge in [0.25, 0.3) is 5.60 Å². The van der Waals surface area contributed by atoms with Crippen molar-refractivity contribution in [1.29, 1.82) is 10.5 Å². The van der Waals surface area contributed by atoms with E-state index < -0.39 is 23.5 Å². The monoisotopic (exact) mass is 335 g/mol. The van der Waals surface area contributed by atoms with Crippen LogP contribution in [0.3, 0.4) is 0 Å². The van der Waals surface area contributed by atoms with Gasteiger partial charge < -0.3 is 10.4 Å². The molecule has 1 aromatic rings. The van der Waals surface area contributed by atoms with E-state index in [9.17, 15) is 31.4 Å². The van der Waals surface area contributed by atoms with Crippen molar-refractivity contribution in [2.45, 2.75) is 18.0 Å². The van der Waals surface area contributed by atoms with Crippen LogP contribution in [0.15, 0.2) is 36.0 Å². The van der Waals surface area contributed by atoms with Crippen LogP contribution in [0.2, 0.25) is 0 Å². The summed E-state index contributed by atoms with van der Waals surface area (Å²) in [4.78, 5) is 0. The molecule has 0 saturated carbocycles. The average Bonchev–Trinajstić information content (AvgIpc) is 2.45. The maximum atomic E-state index is 12.7. The maximum Gasteiger partial charge on any atom is 0.430 e. The van der Waals surface area contributed by atoms with E-state index in [4.69, 9.17) is 10.5 Å². The molecule has 0 bridgehead atoms. The van der Waals surface area contributed by atoms with E-state index in [2.05, 4.69) is 5.32 Å². The summed E-state index contributed by atoms with van der Waals surface area (Å²) in [6.45, 7) is 0. The fourth-order valence-electron chi connectivity index (χ4n) is 1.54. The van der Waals surface area contributed by atoms with E-state index in [0.29, 0.717) is 12.1 Å². The van der Waals surface area contributed by atoms with Crippen LogP contribution >= 0.6 is 0 Å². The zero-order chi connectivity index (χ0) is 17.9. The Labute approximate surface area is 125 Å². The fourth-order valence-corrected chi connectivity index (χ4v) is 1.54. The number of anilines is 1. The Hall–Kier alpha value is -2.72. The predicted molar refractivity (Wildman–Crippen MR) is 65.4 cm³/mol. The summed E-state index contributed by atoms with van der Waals surface area (Å²) >= 11 is 0. The number of hydrogen-bond acceptors (Lipinski definition) is 4. The van der Waals surface area contributed by atoms with Crippen LogP contribution in [-0.4, -0.2) is 17.5 Å². The van der Waals surface area contributed by atoms with Gasteiger partial charge in [0.15, 0.2) is 0 Å². The molecule has 1 rings (SSSR count). The number of nitrogens with zero attached hydrogens (tertiary/aromatic N) is 2. The van der Waals surface area contributed by atoms with Gasteiger partial charge in [-0.05, 0) is 12.1 Å². The first-order valence-corrected chi connectivity index (χ1v) is 5.70. The van der Waals surface area contributed by atoms with Crippen LogP contribution in [0.5, 0.6) is 0 Å². The molecule has 0 amide bonds. The van der Waals surface area contributed by atoms with Gasteiger partial charge in [0.05, 0.1) is 0 Å². The van der Waals surface area contributed by atoms with Gasteiger partial charge in [-0.1, -0.05) is 12.1 Å². The number of aliphatic hydroxyl groups is 1. The van der Waals surface area contributed by atoms with Gasteiger partial charge in [0, 0.05) is 17.5 Å². The zero-order valence-corrected chi connectivity index (χ0v) is 11.0. The molecule has 0 heterocycles. The summed E-state index contributed by atoms with van der Waals surface area (Å²) in [6.07, 6.45) is -11.0. The lowest BCUT2D eigenvalue weighted by atomic mass is 9.92. The Kier molecular flexibility index (Phi) is 4.93. The van der Waals surface area contributed by atoms with E-state index in [0.717, 1.165) is 18.3 Å². The molecule has 10 heteroatoms. The molecule has 0 spiro atoms. The smallest absolute Gasteiger partial charge is 0.369 e. The minimum atomic E-state index is -5.96. The zero-order valence-electron chi connectivity index (χ0n) is 11.0. The lowest BCUT2D eigenvalue weighted by Crippen LogP contribution is -2.53. The lowest BCUT2D eigenvalue weighted by Gasteiger charge is -2.32. The Morgan fingerprint density at radius 1 is 0.957 bits per heavy atom. The number of alkyl halides is 6. The van der Waals surface area contributed by atoms with Crippen LogP contribution in [0.25, 0.3) is 0 Å². The molecule has 0 aliphatic heterocycles. The molecule has 0 aliphatic carbocycles. The number of nitrogens with one attached hydrogen (secondary N) is 1. The number of hydrogen-bond donors (Lipinski definition) is 2. The normalized spacial score (nSPS) is 12.0. The molecular formula is C13H7F6N3O. The van der Waals surface area contributed by atoms with Crippen molar-refractivity contribution in [2.75, 3.05) is 5.32 Å². The van der Waals surface area contributed by atoms with Crippen molar-refractivity contribution in [1.82, 2.24) is 0 Å². The summed E-state index contributed by atoms with van der Waals surface area (Å²) in [5.41, 5.74) is -6.74. The Morgan fingerprint density at radius 2 is 1.39 bits per heavy atom.